The van der Waals surface area contributed by atoms with E-state index in [1.807, 2.05) is 24.3 Å². The van der Waals surface area contributed by atoms with Crippen LogP contribution in [0.25, 0.3) is 10.9 Å². The number of Topliss-reactive ketones (excluding diaryl/α,β-unsaturated/α-hetero) is 1. The van der Waals surface area contributed by atoms with Gasteiger partial charge in [-0.3, -0.25) is 14.4 Å². The summed E-state index contributed by atoms with van der Waals surface area (Å²) in [6.45, 7) is 2.96. The van der Waals surface area contributed by atoms with Gasteiger partial charge in [-0.05, 0) is 32.0 Å². The second-order valence-electron chi connectivity index (χ2n) is 6.55. The molecule has 2 N–H and O–H groups in total. The lowest BCUT2D eigenvalue weighted by molar-refractivity contribution is -0.145. The molecule has 1 atom stereocenters. The molecule has 0 saturated heterocycles. The van der Waals surface area contributed by atoms with Crippen LogP contribution in [0.2, 0.25) is 0 Å². The Bertz CT molecular complexity index is 1070. The molecule has 0 aliphatic carbocycles. The van der Waals surface area contributed by atoms with Gasteiger partial charge in [-0.2, -0.15) is 0 Å². The summed E-state index contributed by atoms with van der Waals surface area (Å²) in [6, 6.07) is 14.1. The third-order valence-electron chi connectivity index (χ3n) is 4.56. The molecule has 0 spiro atoms. The molecule has 7 heteroatoms. The number of carbonyl (C=O) groups excluding carboxylic acids is 3. The maximum atomic E-state index is 12.8. The van der Waals surface area contributed by atoms with Gasteiger partial charge in [-0.15, -0.1) is 0 Å². The van der Waals surface area contributed by atoms with Crippen molar-refractivity contribution in [3.05, 3.63) is 65.4 Å². The first-order valence-corrected chi connectivity index (χ1v) is 9.14. The Kier molecular flexibility index (Phi) is 5.97. The molecule has 0 saturated carbocycles. The number of ketones is 1. The van der Waals surface area contributed by atoms with Gasteiger partial charge in [-0.1, -0.05) is 30.3 Å². The Labute approximate surface area is 168 Å². The molecule has 0 bridgehead atoms. The summed E-state index contributed by atoms with van der Waals surface area (Å²) in [5.41, 5.74) is 2.36. The molecule has 3 rings (SSSR count). The lowest BCUT2D eigenvalue weighted by Gasteiger charge is -2.13. The number of methoxy groups -OCH3 is 1. The Hall–Kier alpha value is -3.61. The molecule has 0 aliphatic heterocycles. The van der Waals surface area contributed by atoms with Crippen LogP contribution in [0.15, 0.2) is 48.5 Å². The second kappa shape index (κ2) is 8.60. The van der Waals surface area contributed by atoms with Crippen LogP contribution in [0, 0.1) is 6.92 Å². The highest BCUT2D eigenvalue weighted by Crippen LogP contribution is 2.24. The van der Waals surface area contributed by atoms with Gasteiger partial charge in [0.2, 0.25) is 5.78 Å². The number of rotatable bonds is 7. The number of hydrogen-bond acceptors (Lipinski definition) is 5. The first-order valence-electron chi connectivity index (χ1n) is 9.14. The number of benzene rings is 2. The van der Waals surface area contributed by atoms with E-state index >= 15 is 0 Å². The molecule has 0 aliphatic rings. The highest BCUT2D eigenvalue weighted by Gasteiger charge is 2.24. The number of esters is 1. The van der Waals surface area contributed by atoms with Gasteiger partial charge < -0.3 is 19.8 Å². The third-order valence-corrected chi connectivity index (χ3v) is 4.56. The molecule has 150 valence electrons. The van der Waals surface area contributed by atoms with Gasteiger partial charge in [0.1, 0.15) is 12.3 Å². The Morgan fingerprint density at radius 2 is 1.76 bits per heavy atom. The number of nitrogens with one attached hydrogen (secondary N) is 2. The number of aryl methyl sites for hydroxylation is 1. The molecule has 1 aromatic heterocycles. The Morgan fingerprint density at radius 1 is 1.07 bits per heavy atom. The van der Waals surface area contributed by atoms with E-state index in [-0.39, 0.29) is 12.3 Å². The zero-order valence-corrected chi connectivity index (χ0v) is 16.4. The smallest absolute Gasteiger partial charge is 0.326 e. The summed E-state index contributed by atoms with van der Waals surface area (Å²) in [6.07, 6.45) is -0.983. The quantitative estimate of drug-likeness (QED) is 0.474. The molecular formula is C22H22N2O5. The molecule has 0 unspecified atom stereocenters. The fraction of sp³-hybridized carbons (Fsp3) is 0.227. The summed E-state index contributed by atoms with van der Waals surface area (Å²) in [7, 11) is 1.46. The molecule has 1 heterocycles. The van der Waals surface area contributed by atoms with E-state index in [1.54, 1.807) is 31.2 Å². The average Bonchev–Trinajstić information content (AvgIpc) is 3.06. The number of carbonyl (C=O) groups is 3. The van der Waals surface area contributed by atoms with Crippen molar-refractivity contribution >= 4 is 28.6 Å². The van der Waals surface area contributed by atoms with Crippen molar-refractivity contribution in [1.82, 2.24) is 10.3 Å². The molecule has 2 aromatic carbocycles. The SMILES string of the molecule is COc1ccccc1C(=O)NCC(=O)O[C@@H](C)C(=O)c1c(C)[nH]c2ccccc12. The minimum Gasteiger partial charge on any atom is -0.496 e. The fourth-order valence-electron chi connectivity index (χ4n) is 3.17. The lowest BCUT2D eigenvalue weighted by Crippen LogP contribution is -2.34. The molecule has 0 fully saturated rings. The minimum atomic E-state index is -0.983. The van der Waals surface area contributed by atoms with E-state index < -0.39 is 18.0 Å². The number of fused-ring (bicyclic) bond motifs is 1. The average molecular weight is 394 g/mol. The predicted octanol–water partition coefficient (Wildman–Crippen LogP) is 3.03. The monoisotopic (exact) mass is 394 g/mol. The number of ether oxygens (including phenoxy) is 2. The number of aromatic amines is 1. The lowest BCUT2D eigenvalue weighted by atomic mass is 10.0. The zero-order valence-electron chi connectivity index (χ0n) is 16.4. The van der Waals surface area contributed by atoms with E-state index in [0.717, 1.165) is 10.9 Å². The van der Waals surface area contributed by atoms with Gasteiger partial charge in [0.15, 0.2) is 6.10 Å². The van der Waals surface area contributed by atoms with Gasteiger partial charge >= 0.3 is 5.97 Å². The molecule has 3 aromatic rings. The van der Waals surface area contributed by atoms with Crippen molar-refractivity contribution in [1.29, 1.82) is 0 Å². The molecule has 1 amide bonds. The van der Waals surface area contributed by atoms with E-state index in [9.17, 15) is 14.4 Å². The summed E-state index contributed by atoms with van der Waals surface area (Å²) in [5.74, 6) is -1.07. The van der Waals surface area contributed by atoms with Crippen LogP contribution in [0.4, 0.5) is 0 Å². The van der Waals surface area contributed by atoms with Crippen molar-refractivity contribution < 1.29 is 23.9 Å². The Balaban J connectivity index is 1.62. The molecule has 29 heavy (non-hydrogen) atoms. The van der Waals surface area contributed by atoms with Crippen LogP contribution >= 0.6 is 0 Å². The van der Waals surface area contributed by atoms with Crippen molar-refractivity contribution in [3.63, 3.8) is 0 Å². The molecule has 7 nitrogen and oxygen atoms in total. The summed E-state index contributed by atoms with van der Waals surface area (Å²) < 4.78 is 10.4. The van der Waals surface area contributed by atoms with Crippen molar-refractivity contribution in [2.45, 2.75) is 20.0 Å². The van der Waals surface area contributed by atoms with Crippen LogP contribution in [0.3, 0.4) is 0 Å². The van der Waals surface area contributed by atoms with Crippen molar-refractivity contribution in [2.24, 2.45) is 0 Å². The number of amides is 1. The largest absolute Gasteiger partial charge is 0.496 e. The summed E-state index contributed by atoms with van der Waals surface area (Å²) in [4.78, 5) is 40.4. The number of H-pyrrole nitrogens is 1. The first kappa shape index (κ1) is 20.1. The van der Waals surface area contributed by atoms with Crippen LogP contribution in [0.5, 0.6) is 5.75 Å². The summed E-state index contributed by atoms with van der Waals surface area (Å²) >= 11 is 0. The van der Waals surface area contributed by atoms with Gasteiger partial charge in [-0.25, -0.2) is 0 Å². The van der Waals surface area contributed by atoms with Gasteiger partial charge in [0.05, 0.1) is 12.7 Å². The molecule has 0 radical (unpaired) electrons. The van der Waals surface area contributed by atoms with Crippen LogP contribution in [-0.4, -0.2) is 42.4 Å². The van der Waals surface area contributed by atoms with Gasteiger partial charge in [0.25, 0.3) is 5.91 Å². The zero-order chi connectivity index (χ0) is 21.0. The van der Waals surface area contributed by atoms with Crippen LogP contribution < -0.4 is 10.1 Å². The maximum Gasteiger partial charge on any atom is 0.326 e. The fourth-order valence-corrected chi connectivity index (χ4v) is 3.17. The minimum absolute atomic E-state index is 0.302. The highest BCUT2D eigenvalue weighted by molar-refractivity contribution is 6.11. The van der Waals surface area contributed by atoms with Crippen LogP contribution in [0.1, 0.15) is 33.3 Å². The topological polar surface area (TPSA) is 97.5 Å². The Morgan fingerprint density at radius 3 is 2.52 bits per heavy atom. The van der Waals surface area contributed by atoms with Gasteiger partial charge in [0, 0.05) is 22.2 Å². The normalized spacial score (nSPS) is 11.7. The van der Waals surface area contributed by atoms with Crippen molar-refractivity contribution in [2.75, 3.05) is 13.7 Å². The predicted molar refractivity (Wildman–Crippen MR) is 108 cm³/mol. The number of para-hydroxylation sites is 2. The van der Waals surface area contributed by atoms with E-state index in [2.05, 4.69) is 10.3 Å². The molecular weight excluding hydrogens is 372 g/mol. The van der Waals surface area contributed by atoms with E-state index in [0.29, 0.717) is 22.6 Å². The number of hydrogen-bond donors (Lipinski definition) is 2. The van der Waals surface area contributed by atoms with Crippen molar-refractivity contribution in [3.8, 4) is 5.75 Å². The first-order chi connectivity index (χ1) is 13.9. The van der Waals surface area contributed by atoms with E-state index in [4.69, 9.17) is 9.47 Å². The summed E-state index contributed by atoms with van der Waals surface area (Å²) in [5, 5.41) is 3.26. The highest BCUT2D eigenvalue weighted by atomic mass is 16.5. The second-order valence-corrected chi connectivity index (χ2v) is 6.55. The van der Waals surface area contributed by atoms with E-state index in [1.165, 1.54) is 14.0 Å². The standard InChI is InChI=1S/C22H22N2O5/c1-13-20(15-8-4-6-10-17(15)24-13)21(26)14(2)29-19(25)12-23-22(27)16-9-5-7-11-18(16)28-3/h4-11,14,24H,12H2,1-3H3,(H,23,27)/t14-/m0/s1. The number of aromatic nitrogens is 1. The third kappa shape index (κ3) is 4.29. The van der Waals surface area contributed by atoms with Crippen LogP contribution in [-0.2, 0) is 9.53 Å². The maximum absolute atomic E-state index is 12.8.